The van der Waals surface area contributed by atoms with Crippen LogP contribution in [0.25, 0.3) is 4.96 Å². The zero-order valence-electron chi connectivity index (χ0n) is 15.1. The van der Waals surface area contributed by atoms with Gasteiger partial charge in [0.15, 0.2) is 10.7 Å². The number of nitrogens with one attached hydrogen (secondary N) is 1. The maximum absolute atomic E-state index is 12.8. The van der Waals surface area contributed by atoms with E-state index in [2.05, 4.69) is 15.2 Å². The maximum atomic E-state index is 12.8. The first-order valence-corrected chi connectivity index (χ1v) is 10.4. The lowest BCUT2D eigenvalue weighted by Gasteiger charge is -2.29. The second-order valence-corrected chi connectivity index (χ2v) is 8.11. The molecular weight excluding hydrogens is 350 g/mol. The van der Waals surface area contributed by atoms with Gasteiger partial charge >= 0.3 is 0 Å². The summed E-state index contributed by atoms with van der Waals surface area (Å²) in [6.07, 6.45) is 5.96. The molecule has 1 amide bonds. The van der Waals surface area contributed by atoms with Gasteiger partial charge in [-0.25, -0.2) is 4.98 Å². The van der Waals surface area contributed by atoms with Crippen molar-refractivity contribution >= 4 is 22.2 Å². The first-order chi connectivity index (χ1) is 12.7. The van der Waals surface area contributed by atoms with Crippen molar-refractivity contribution in [2.75, 3.05) is 39.3 Å². The molecule has 2 N–H and O–H groups in total. The van der Waals surface area contributed by atoms with Crippen molar-refractivity contribution in [1.82, 2.24) is 24.5 Å². The summed E-state index contributed by atoms with van der Waals surface area (Å²) in [5.41, 5.74) is 1.55. The minimum absolute atomic E-state index is 0.0642. The molecule has 2 aliphatic heterocycles. The topological polar surface area (TPSA) is 73.1 Å². The molecule has 0 aromatic carbocycles. The summed E-state index contributed by atoms with van der Waals surface area (Å²) in [5, 5.41) is 15.2. The number of amides is 1. The van der Waals surface area contributed by atoms with E-state index in [0.29, 0.717) is 12.2 Å². The highest BCUT2D eigenvalue weighted by Gasteiger charge is 2.26. The van der Waals surface area contributed by atoms with Crippen molar-refractivity contribution in [2.45, 2.75) is 38.3 Å². The lowest BCUT2D eigenvalue weighted by Crippen LogP contribution is -2.41. The third kappa shape index (κ3) is 3.78. The number of likely N-dealkylation sites (tertiary alicyclic amines) is 2. The number of aliphatic hydroxyl groups excluding tert-OH is 1. The Bertz CT molecular complexity index is 752. The first kappa shape index (κ1) is 17.9. The van der Waals surface area contributed by atoms with Crippen molar-refractivity contribution in [2.24, 2.45) is 0 Å². The number of carbonyl (C=O) groups is 1. The van der Waals surface area contributed by atoms with E-state index in [9.17, 15) is 9.90 Å². The molecule has 4 heterocycles. The summed E-state index contributed by atoms with van der Waals surface area (Å²) in [7, 11) is 0. The van der Waals surface area contributed by atoms with Crippen LogP contribution >= 0.6 is 11.3 Å². The number of aromatic nitrogens is 2. The van der Waals surface area contributed by atoms with E-state index in [0.717, 1.165) is 75.6 Å². The average Bonchev–Trinajstić information content (AvgIpc) is 3.36. The Labute approximate surface area is 157 Å². The van der Waals surface area contributed by atoms with E-state index < -0.39 is 0 Å². The van der Waals surface area contributed by atoms with Gasteiger partial charge in [0, 0.05) is 50.8 Å². The van der Waals surface area contributed by atoms with Crippen LogP contribution < -0.4 is 5.32 Å². The molecule has 142 valence electrons. The summed E-state index contributed by atoms with van der Waals surface area (Å²) in [6, 6.07) is 0. The van der Waals surface area contributed by atoms with E-state index in [1.54, 1.807) is 11.3 Å². The Morgan fingerprint density at radius 2 is 2.15 bits per heavy atom. The molecule has 1 unspecified atom stereocenters. The van der Waals surface area contributed by atoms with Crippen LogP contribution in [0.2, 0.25) is 0 Å². The average molecular weight is 378 g/mol. The van der Waals surface area contributed by atoms with Crippen LogP contribution in [-0.2, 0) is 6.54 Å². The molecule has 26 heavy (non-hydrogen) atoms. The number of rotatable bonds is 6. The van der Waals surface area contributed by atoms with Crippen LogP contribution in [-0.4, -0.2) is 75.6 Å². The smallest absolute Gasteiger partial charge is 0.274 e. The van der Waals surface area contributed by atoms with Gasteiger partial charge in [-0.2, -0.15) is 0 Å². The molecule has 0 saturated carbocycles. The van der Waals surface area contributed by atoms with E-state index in [-0.39, 0.29) is 12.0 Å². The van der Waals surface area contributed by atoms with Crippen LogP contribution in [0.4, 0.5) is 0 Å². The predicted molar refractivity (Wildman–Crippen MR) is 102 cm³/mol. The Morgan fingerprint density at radius 1 is 1.31 bits per heavy atom. The number of fused-ring (bicyclic) bond motifs is 1. The Kier molecular flexibility index (Phi) is 5.54. The molecule has 2 aliphatic rings. The second kappa shape index (κ2) is 8.04. The number of thiazole rings is 1. The standard InChI is InChI=1S/C18H27N5O2S/c24-14-4-3-6-21(13-14)9-5-19-12-15-16(17(25)22-7-1-2-8-22)20-18-23(15)10-11-26-18/h10-11,14,19,24H,1-9,12-13H2. The molecule has 8 heteroatoms. The van der Waals surface area contributed by atoms with Crippen LogP contribution in [0.5, 0.6) is 0 Å². The Hall–Kier alpha value is -1.48. The Balaban J connectivity index is 1.39. The largest absolute Gasteiger partial charge is 0.392 e. The third-order valence-electron chi connectivity index (χ3n) is 5.33. The van der Waals surface area contributed by atoms with Gasteiger partial charge in [0.2, 0.25) is 0 Å². The van der Waals surface area contributed by atoms with Crippen molar-refractivity contribution in [3.05, 3.63) is 23.0 Å². The zero-order valence-corrected chi connectivity index (χ0v) is 15.9. The molecule has 2 saturated heterocycles. The molecular formula is C18H27N5O2S. The number of carbonyl (C=O) groups excluding carboxylic acids is 1. The van der Waals surface area contributed by atoms with Crippen molar-refractivity contribution < 1.29 is 9.90 Å². The molecule has 0 radical (unpaired) electrons. The molecule has 1 atom stereocenters. The highest BCUT2D eigenvalue weighted by molar-refractivity contribution is 7.15. The molecule has 2 aromatic rings. The molecule has 0 bridgehead atoms. The number of nitrogens with zero attached hydrogens (tertiary/aromatic N) is 4. The van der Waals surface area contributed by atoms with Crippen molar-refractivity contribution in [3.63, 3.8) is 0 Å². The van der Waals surface area contributed by atoms with Gasteiger partial charge in [0.25, 0.3) is 5.91 Å². The SMILES string of the molecule is O=C(c1nc2sccn2c1CNCCN1CCCC(O)C1)N1CCCC1. The molecule has 2 aromatic heterocycles. The van der Waals surface area contributed by atoms with Crippen LogP contribution in [0.1, 0.15) is 41.9 Å². The summed E-state index contributed by atoms with van der Waals surface area (Å²) < 4.78 is 2.03. The van der Waals surface area contributed by atoms with Crippen molar-refractivity contribution in [3.8, 4) is 0 Å². The van der Waals surface area contributed by atoms with E-state index >= 15 is 0 Å². The second-order valence-electron chi connectivity index (χ2n) is 7.24. The van der Waals surface area contributed by atoms with Gasteiger partial charge in [-0.05, 0) is 32.2 Å². The highest BCUT2D eigenvalue weighted by atomic mass is 32.1. The monoisotopic (exact) mass is 377 g/mol. The quantitative estimate of drug-likeness (QED) is 0.740. The van der Waals surface area contributed by atoms with Gasteiger partial charge in [-0.1, -0.05) is 0 Å². The number of hydrogen-bond donors (Lipinski definition) is 2. The number of β-amino-alcohol motifs (C(OH)–C–C–N with tert-alkyl or cyclic N) is 1. The van der Waals surface area contributed by atoms with Crippen LogP contribution in [0.15, 0.2) is 11.6 Å². The van der Waals surface area contributed by atoms with Gasteiger partial charge < -0.3 is 15.3 Å². The normalized spacial score (nSPS) is 21.7. The molecule has 4 rings (SSSR count). The minimum Gasteiger partial charge on any atom is -0.392 e. The number of piperidine rings is 1. The third-order valence-corrected chi connectivity index (χ3v) is 6.09. The highest BCUT2D eigenvalue weighted by Crippen LogP contribution is 2.21. The Morgan fingerprint density at radius 3 is 2.96 bits per heavy atom. The van der Waals surface area contributed by atoms with E-state index in [4.69, 9.17) is 0 Å². The van der Waals surface area contributed by atoms with E-state index in [1.807, 2.05) is 20.9 Å². The zero-order chi connectivity index (χ0) is 17.9. The van der Waals surface area contributed by atoms with Gasteiger partial charge in [0.1, 0.15) is 0 Å². The summed E-state index contributed by atoms with van der Waals surface area (Å²) >= 11 is 1.56. The van der Waals surface area contributed by atoms with E-state index in [1.165, 1.54) is 0 Å². The summed E-state index contributed by atoms with van der Waals surface area (Å²) in [6.45, 7) is 5.88. The minimum atomic E-state index is -0.186. The number of aliphatic hydroxyl groups is 1. The van der Waals surface area contributed by atoms with Gasteiger partial charge in [-0.3, -0.25) is 14.1 Å². The van der Waals surface area contributed by atoms with Crippen LogP contribution in [0.3, 0.4) is 0 Å². The summed E-state index contributed by atoms with van der Waals surface area (Å²) in [5.74, 6) is 0.0642. The lowest BCUT2D eigenvalue weighted by molar-refractivity contribution is 0.0711. The number of imidazole rings is 1. The van der Waals surface area contributed by atoms with Crippen molar-refractivity contribution in [1.29, 1.82) is 0 Å². The van der Waals surface area contributed by atoms with Gasteiger partial charge in [0.05, 0.1) is 11.8 Å². The molecule has 2 fully saturated rings. The number of hydrogen-bond acceptors (Lipinski definition) is 6. The predicted octanol–water partition coefficient (Wildman–Crippen LogP) is 1.18. The molecule has 7 nitrogen and oxygen atoms in total. The molecule has 0 aliphatic carbocycles. The van der Waals surface area contributed by atoms with Gasteiger partial charge in [-0.15, -0.1) is 11.3 Å². The first-order valence-electron chi connectivity index (χ1n) is 9.57. The lowest BCUT2D eigenvalue weighted by atomic mass is 10.1. The molecule has 0 spiro atoms. The fourth-order valence-electron chi connectivity index (χ4n) is 3.92. The summed E-state index contributed by atoms with van der Waals surface area (Å²) in [4.78, 5) is 22.5. The fraction of sp³-hybridized carbons (Fsp3) is 0.667. The fourth-order valence-corrected chi connectivity index (χ4v) is 4.65. The van der Waals surface area contributed by atoms with Crippen LogP contribution in [0, 0.1) is 0 Å². The maximum Gasteiger partial charge on any atom is 0.274 e.